The second kappa shape index (κ2) is 10.6. The van der Waals surface area contributed by atoms with E-state index in [4.69, 9.17) is 10.5 Å². The maximum absolute atomic E-state index is 14.1. The van der Waals surface area contributed by atoms with Gasteiger partial charge in [0.25, 0.3) is 5.91 Å². The highest BCUT2D eigenvalue weighted by molar-refractivity contribution is 6.37. The van der Waals surface area contributed by atoms with Crippen LogP contribution in [0, 0.1) is 29.1 Å². The molecular formula is C28H42F2N4O6. The molecule has 0 bridgehead atoms. The SMILES string of the molecule is CC(C)(C)OC(=O)N[C@H](C(=O)N1CC2[C@@H]([C@H]1C(=O)NC(CC1CC1)C(=O)C(N)=O)C2(C)C)C1CCC(F)(F)CC1. The van der Waals surface area contributed by atoms with E-state index >= 15 is 0 Å². The Bertz CT molecular complexity index is 1060. The van der Waals surface area contributed by atoms with Crippen LogP contribution in [0.2, 0.25) is 0 Å². The Morgan fingerprint density at radius 3 is 2.15 bits per heavy atom. The van der Waals surface area contributed by atoms with Gasteiger partial charge in [0.15, 0.2) is 0 Å². The molecule has 4 fully saturated rings. The molecule has 1 aliphatic heterocycles. The lowest BCUT2D eigenvalue weighted by Crippen LogP contribution is -2.60. The molecule has 4 amide bonds. The van der Waals surface area contributed by atoms with Gasteiger partial charge in [0.05, 0.1) is 6.04 Å². The number of nitrogens with two attached hydrogens (primary N) is 1. The zero-order valence-electron chi connectivity index (χ0n) is 23.9. The van der Waals surface area contributed by atoms with Gasteiger partial charge in [0, 0.05) is 19.4 Å². The summed E-state index contributed by atoms with van der Waals surface area (Å²) in [6, 6.07) is -3.18. The highest BCUT2D eigenvalue weighted by atomic mass is 19.3. The first-order chi connectivity index (χ1) is 18.4. The van der Waals surface area contributed by atoms with Gasteiger partial charge in [-0.15, -0.1) is 0 Å². The standard InChI is InChI=1S/C28H42F2N4O6/c1-26(2,3)40-25(39)33-19(15-8-10-28(29,30)11-9-15)24(38)34-13-16-18(27(16,4)5)20(34)23(37)32-17(12-14-6-7-14)21(35)22(31)36/h14-20H,6-13H2,1-5H3,(H2,31,36)(H,32,37)(H,33,39)/t16?,17?,18-,19-,20-/m0/s1. The number of fused-ring (bicyclic) bond motifs is 1. The number of nitrogens with one attached hydrogen (secondary N) is 2. The monoisotopic (exact) mass is 568 g/mol. The molecule has 0 radical (unpaired) electrons. The molecule has 10 nitrogen and oxygen atoms in total. The van der Waals surface area contributed by atoms with Gasteiger partial charge in [-0.05, 0) is 69.1 Å². The number of ether oxygens (including phenoxy) is 1. The number of rotatable bonds is 9. The van der Waals surface area contributed by atoms with Crippen LogP contribution in [0.1, 0.15) is 79.6 Å². The fraction of sp³-hybridized carbons (Fsp3) is 0.821. The molecule has 0 spiro atoms. The molecule has 1 heterocycles. The van der Waals surface area contributed by atoms with Crippen LogP contribution in [0.15, 0.2) is 0 Å². The minimum atomic E-state index is -2.83. The summed E-state index contributed by atoms with van der Waals surface area (Å²) in [7, 11) is 0. The van der Waals surface area contributed by atoms with Gasteiger partial charge in [-0.1, -0.05) is 26.7 Å². The lowest BCUT2D eigenvalue weighted by Gasteiger charge is -2.38. The van der Waals surface area contributed by atoms with Gasteiger partial charge >= 0.3 is 6.09 Å². The third-order valence-corrected chi connectivity index (χ3v) is 9.07. The zero-order valence-corrected chi connectivity index (χ0v) is 23.9. The third-order valence-electron chi connectivity index (χ3n) is 9.07. The molecule has 4 aliphatic rings. The van der Waals surface area contributed by atoms with Crippen molar-refractivity contribution in [3.05, 3.63) is 0 Å². The molecule has 4 rings (SSSR count). The van der Waals surface area contributed by atoms with E-state index < -0.39 is 78.0 Å². The highest BCUT2D eigenvalue weighted by Gasteiger charge is 2.70. The molecule has 224 valence electrons. The van der Waals surface area contributed by atoms with Crippen molar-refractivity contribution in [1.29, 1.82) is 0 Å². The van der Waals surface area contributed by atoms with Crippen LogP contribution in [0.5, 0.6) is 0 Å². The second-order valence-corrected chi connectivity index (χ2v) is 13.7. The summed E-state index contributed by atoms with van der Waals surface area (Å²) in [5, 5.41) is 5.32. The number of hydrogen-bond donors (Lipinski definition) is 3. The first-order valence-corrected chi connectivity index (χ1v) is 14.2. The van der Waals surface area contributed by atoms with Crippen molar-refractivity contribution in [3.8, 4) is 0 Å². The Balaban J connectivity index is 1.57. The summed E-state index contributed by atoms with van der Waals surface area (Å²) in [6.07, 6.45) is 0.480. The Morgan fingerprint density at radius 2 is 1.62 bits per heavy atom. The summed E-state index contributed by atoms with van der Waals surface area (Å²) in [5.41, 5.74) is 4.16. The maximum Gasteiger partial charge on any atom is 0.408 e. The van der Waals surface area contributed by atoms with Gasteiger partial charge in [0.2, 0.25) is 23.5 Å². The number of piperidine rings is 1. The van der Waals surface area contributed by atoms with Crippen molar-refractivity contribution >= 4 is 29.6 Å². The number of primary amides is 1. The zero-order chi connectivity index (χ0) is 29.8. The van der Waals surface area contributed by atoms with Crippen molar-refractivity contribution in [3.63, 3.8) is 0 Å². The summed E-state index contributed by atoms with van der Waals surface area (Å²) < 4.78 is 33.3. The molecule has 12 heteroatoms. The van der Waals surface area contributed by atoms with Gasteiger partial charge in [-0.3, -0.25) is 19.2 Å². The van der Waals surface area contributed by atoms with Crippen LogP contribution in [0.3, 0.4) is 0 Å². The Labute approximate surface area is 233 Å². The summed E-state index contributed by atoms with van der Waals surface area (Å²) in [5.74, 6) is -6.47. The molecule has 40 heavy (non-hydrogen) atoms. The van der Waals surface area contributed by atoms with E-state index in [2.05, 4.69) is 10.6 Å². The minimum absolute atomic E-state index is 0.0128. The van der Waals surface area contributed by atoms with Gasteiger partial charge in [-0.25, -0.2) is 13.6 Å². The minimum Gasteiger partial charge on any atom is -0.444 e. The highest BCUT2D eigenvalue weighted by Crippen LogP contribution is 2.65. The number of carbonyl (C=O) groups excluding carboxylic acids is 5. The average molecular weight is 569 g/mol. The number of Topliss-reactive ketones (excluding diaryl/α,β-unsaturated/α-hetero) is 1. The van der Waals surface area contributed by atoms with Crippen molar-refractivity contribution in [2.75, 3.05) is 6.54 Å². The Morgan fingerprint density at radius 1 is 1.02 bits per heavy atom. The fourth-order valence-corrected chi connectivity index (χ4v) is 6.55. The average Bonchev–Trinajstić information content (AvgIpc) is 3.67. The number of likely N-dealkylation sites (tertiary alicyclic amines) is 1. The lowest BCUT2D eigenvalue weighted by atomic mass is 9.81. The van der Waals surface area contributed by atoms with Crippen LogP contribution in [-0.2, 0) is 23.9 Å². The molecule has 0 aromatic carbocycles. The molecule has 3 saturated carbocycles. The summed E-state index contributed by atoms with van der Waals surface area (Å²) in [6.45, 7) is 9.27. The summed E-state index contributed by atoms with van der Waals surface area (Å²) >= 11 is 0. The number of alkyl halides is 2. The predicted molar refractivity (Wildman–Crippen MR) is 140 cm³/mol. The van der Waals surface area contributed by atoms with E-state index in [1.165, 1.54) is 4.90 Å². The van der Waals surface area contributed by atoms with Gasteiger partial charge in [-0.2, -0.15) is 0 Å². The smallest absolute Gasteiger partial charge is 0.408 e. The Hall–Kier alpha value is -2.79. The van der Waals surface area contributed by atoms with Crippen LogP contribution < -0.4 is 16.4 Å². The number of carbonyl (C=O) groups is 5. The van der Waals surface area contributed by atoms with Gasteiger partial charge in [0.1, 0.15) is 17.7 Å². The first kappa shape index (κ1) is 30.2. The number of halogens is 2. The lowest BCUT2D eigenvalue weighted by molar-refractivity contribution is -0.145. The molecule has 5 atom stereocenters. The van der Waals surface area contributed by atoms with E-state index in [1.807, 2.05) is 13.8 Å². The van der Waals surface area contributed by atoms with E-state index in [-0.39, 0.29) is 42.6 Å². The topological polar surface area (TPSA) is 148 Å². The molecule has 4 N–H and O–H groups in total. The van der Waals surface area contributed by atoms with Crippen molar-refractivity contribution in [2.45, 2.75) is 109 Å². The van der Waals surface area contributed by atoms with Crippen molar-refractivity contribution in [1.82, 2.24) is 15.5 Å². The normalized spacial score (nSPS) is 28.6. The largest absolute Gasteiger partial charge is 0.444 e. The number of ketones is 1. The van der Waals surface area contributed by atoms with Crippen molar-refractivity contribution in [2.24, 2.45) is 34.8 Å². The quantitative estimate of drug-likeness (QED) is 0.364. The van der Waals surface area contributed by atoms with E-state index in [0.29, 0.717) is 6.42 Å². The fourth-order valence-electron chi connectivity index (χ4n) is 6.55. The van der Waals surface area contributed by atoms with Gasteiger partial charge < -0.3 is 26.0 Å². The van der Waals surface area contributed by atoms with E-state index in [0.717, 1.165) is 12.8 Å². The Kier molecular flexibility index (Phi) is 7.96. The maximum atomic E-state index is 14.1. The van der Waals surface area contributed by atoms with Crippen LogP contribution >= 0.6 is 0 Å². The number of alkyl carbamates (subject to hydrolysis) is 1. The third kappa shape index (κ3) is 6.57. The molecular weight excluding hydrogens is 526 g/mol. The second-order valence-electron chi connectivity index (χ2n) is 13.7. The van der Waals surface area contributed by atoms with E-state index in [9.17, 15) is 32.8 Å². The van der Waals surface area contributed by atoms with Crippen molar-refractivity contribution < 1.29 is 37.5 Å². The van der Waals surface area contributed by atoms with E-state index in [1.54, 1.807) is 20.8 Å². The predicted octanol–water partition coefficient (Wildman–Crippen LogP) is 2.53. The van der Waals surface area contributed by atoms with Crippen LogP contribution in [0.25, 0.3) is 0 Å². The molecule has 3 aliphatic carbocycles. The first-order valence-electron chi connectivity index (χ1n) is 14.2. The molecule has 0 aromatic heterocycles. The summed E-state index contributed by atoms with van der Waals surface area (Å²) in [4.78, 5) is 66.1. The number of nitrogens with zero attached hydrogens (tertiary/aromatic N) is 1. The molecule has 2 unspecified atom stereocenters. The number of amides is 4. The van der Waals surface area contributed by atoms with Crippen LogP contribution in [0.4, 0.5) is 13.6 Å². The van der Waals surface area contributed by atoms with Crippen LogP contribution in [-0.4, -0.2) is 70.7 Å². The molecule has 1 saturated heterocycles. The number of hydrogen-bond acceptors (Lipinski definition) is 6. The molecule has 0 aromatic rings.